The molecule has 1 fully saturated rings. The fourth-order valence-corrected chi connectivity index (χ4v) is 2.74. The first-order valence-electron chi connectivity index (χ1n) is 6.44. The van der Waals surface area contributed by atoms with E-state index in [0.717, 1.165) is 5.56 Å². The Hall–Kier alpha value is -1.35. The minimum Gasteiger partial charge on any atom is -0.468 e. The molecule has 0 unspecified atom stereocenters. The van der Waals surface area contributed by atoms with E-state index < -0.39 is 5.41 Å². The molecule has 0 bridgehead atoms. The van der Waals surface area contributed by atoms with Gasteiger partial charge in [0.15, 0.2) is 0 Å². The zero-order valence-corrected chi connectivity index (χ0v) is 11.3. The third kappa shape index (κ3) is 2.03. The molecule has 0 radical (unpaired) electrons. The summed E-state index contributed by atoms with van der Waals surface area (Å²) in [6.45, 7) is 4.31. The molecule has 1 aliphatic carbocycles. The van der Waals surface area contributed by atoms with Gasteiger partial charge in [-0.1, -0.05) is 38.1 Å². The third-order valence-corrected chi connectivity index (χ3v) is 3.93. The number of hydrogen-bond acceptors (Lipinski definition) is 3. The van der Waals surface area contributed by atoms with Gasteiger partial charge in [-0.15, -0.1) is 0 Å². The quantitative estimate of drug-likeness (QED) is 0.834. The second kappa shape index (κ2) is 4.73. The van der Waals surface area contributed by atoms with Crippen LogP contribution in [0.5, 0.6) is 0 Å². The van der Waals surface area contributed by atoms with Gasteiger partial charge in [0.1, 0.15) is 0 Å². The summed E-state index contributed by atoms with van der Waals surface area (Å²) in [6.07, 6.45) is 1.36. The molecule has 0 spiro atoms. The minimum absolute atomic E-state index is 0.105. The lowest BCUT2D eigenvalue weighted by molar-refractivity contribution is -0.152. The van der Waals surface area contributed by atoms with Gasteiger partial charge in [0.05, 0.1) is 12.5 Å². The van der Waals surface area contributed by atoms with Crippen LogP contribution in [0.1, 0.15) is 43.7 Å². The maximum Gasteiger partial charge on any atom is 0.316 e. The highest BCUT2D eigenvalue weighted by Crippen LogP contribution is 2.44. The van der Waals surface area contributed by atoms with Crippen molar-refractivity contribution in [3.05, 3.63) is 35.4 Å². The van der Waals surface area contributed by atoms with E-state index in [1.165, 1.54) is 12.7 Å². The zero-order chi connectivity index (χ0) is 13.3. The molecular formula is C15H21NO2. The SMILES string of the molecule is COC(=O)C1(c2ccc(C(C)C)cc2)CC(N)C1. The number of carbonyl (C=O) groups excluding carboxylic acids is 1. The number of rotatable bonds is 3. The monoisotopic (exact) mass is 247 g/mol. The van der Waals surface area contributed by atoms with Crippen molar-refractivity contribution >= 4 is 5.97 Å². The summed E-state index contributed by atoms with van der Waals surface area (Å²) in [4.78, 5) is 12.0. The van der Waals surface area contributed by atoms with Gasteiger partial charge in [-0.25, -0.2) is 0 Å². The Bertz CT molecular complexity index is 430. The molecule has 2 N–H and O–H groups in total. The van der Waals surface area contributed by atoms with Crippen LogP contribution in [-0.2, 0) is 14.9 Å². The predicted octanol–water partition coefficient (Wildman–Crippen LogP) is 2.34. The van der Waals surface area contributed by atoms with Gasteiger partial charge in [0, 0.05) is 6.04 Å². The molecule has 98 valence electrons. The Labute approximate surface area is 108 Å². The fourth-order valence-electron chi connectivity index (χ4n) is 2.74. The van der Waals surface area contributed by atoms with Crippen LogP contribution in [0.15, 0.2) is 24.3 Å². The number of carbonyl (C=O) groups is 1. The molecule has 2 rings (SSSR count). The number of hydrogen-bond donors (Lipinski definition) is 1. The van der Waals surface area contributed by atoms with Crippen molar-refractivity contribution < 1.29 is 9.53 Å². The lowest BCUT2D eigenvalue weighted by Gasteiger charge is -2.44. The van der Waals surface area contributed by atoms with Crippen molar-refractivity contribution in [2.75, 3.05) is 7.11 Å². The summed E-state index contributed by atoms with van der Waals surface area (Å²) in [6, 6.07) is 8.37. The first kappa shape index (κ1) is 13.1. The molecule has 0 amide bonds. The third-order valence-electron chi connectivity index (χ3n) is 3.93. The molecule has 0 aliphatic heterocycles. The highest BCUT2D eigenvalue weighted by atomic mass is 16.5. The normalized spacial score (nSPS) is 26.8. The molecule has 0 saturated heterocycles. The lowest BCUT2D eigenvalue weighted by atomic mass is 9.61. The number of ether oxygens (including phenoxy) is 1. The van der Waals surface area contributed by atoms with Gasteiger partial charge in [-0.05, 0) is 29.9 Å². The van der Waals surface area contributed by atoms with Crippen LogP contribution in [0.25, 0.3) is 0 Å². The van der Waals surface area contributed by atoms with Crippen molar-refractivity contribution in [1.82, 2.24) is 0 Å². The Kier molecular flexibility index (Phi) is 3.44. The van der Waals surface area contributed by atoms with Crippen LogP contribution in [0, 0.1) is 0 Å². The average molecular weight is 247 g/mol. The molecule has 1 aromatic rings. The summed E-state index contributed by atoms with van der Waals surface area (Å²) in [5.41, 5.74) is 7.65. The molecule has 1 aromatic carbocycles. The van der Waals surface area contributed by atoms with Gasteiger partial charge >= 0.3 is 5.97 Å². The Morgan fingerprint density at radius 2 is 1.89 bits per heavy atom. The van der Waals surface area contributed by atoms with Crippen LogP contribution in [0.4, 0.5) is 0 Å². The first-order valence-corrected chi connectivity index (χ1v) is 6.44. The Morgan fingerprint density at radius 1 is 1.33 bits per heavy atom. The molecule has 0 heterocycles. The number of nitrogens with two attached hydrogens (primary N) is 1. The van der Waals surface area contributed by atoms with Crippen molar-refractivity contribution in [3.63, 3.8) is 0 Å². The number of benzene rings is 1. The Morgan fingerprint density at radius 3 is 2.28 bits per heavy atom. The first-order chi connectivity index (χ1) is 8.49. The van der Waals surface area contributed by atoms with Crippen molar-refractivity contribution in [2.24, 2.45) is 5.73 Å². The summed E-state index contributed by atoms with van der Waals surface area (Å²) in [5.74, 6) is 0.332. The maximum atomic E-state index is 12.0. The lowest BCUT2D eigenvalue weighted by Crippen LogP contribution is -2.54. The maximum absolute atomic E-state index is 12.0. The average Bonchev–Trinajstić information content (AvgIpc) is 2.34. The van der Waals surface area contributed by atoms with Gasteiger partial charge in [-0.3, -0.25) is 4.79 Å². The van der Waals surface area contributed by atoms with Gasteiger partial charge in [0.25, 0.3) is 0 Å². The molecule has 0 aromatic heterocycles. The second-order valence-electron chi connectivity index (χ2n) is 5.52. The van der Waals surface area contributed by atoms with Gasteiger partial charge in [-0.2, -0.15) is 0 Å². The topological polar surface area (TPSA) is 52.3 Å². The standard InChI is InChI=1S/C15H21NO2/c1-10(2)11-4-6-12(7-5-11)15(14(17)18-3)8-13(16)9-15/h4-7,10,13H,8-9,16H2,1-3H3. The van der Waals surface area contributed by atoms with E-state index in [4.69, 9.17) is 10.5 Å². The van der Waals surface area contributed by atoms with E-state index in [1.54, 1.807) is 0 Å². The summed E-state index contributed by atoms with van der Waals surface area (Å²) < 4.78 is 4.94. The molecule has 3 heteroatoms. The van der Waals surface area contributed by atoms with Crippen molar-refractivity contribution in [1.29, 1.82) is 0 Å². The summed E-state index contributed by atoms with van der Waals surface area (Å²) in [7, 11) is 1.44. The molecule has 1 saturated carbocycles. The largest absolute Gasteiger partial charge is 0.468 e. The van der Waals surface area contributed by atoms with Crippen molar-refractivity contribution in [3.8, 4) is 0 Å². The highest BCUT2D eigenvalue weighted by Gasteiger charge is 2.51. The van der Waals surface area contributed by atoms with Gasteiger partial charge in [0.2, 0.25) is 0 Å². The minimum atomic E-state index is -0.510. The highest BCUT2D eigenvalue weighted by molar-refractivity contribution is 5.84. The van der Waals surface area contributed by atoms with Crippen LogP contribution in [0.2, 0.25) is 0 Å². The summed E-state index contributed by atoms with van der Waals surface area (Å²) >= 11 is 0. The van der Waals surface area contributed by atoms with Crippen LogP contribution >= 0.6 is 0 Å². The molecule has 0 atom stereocenters. The summed E-state index contributed by atoms with van der Waals surface area (Å²) in [5, 5.41) is 0. The second-order valence-corrected chi connectivity index (χ2v) is 5.52. The smallest absolute Gasteiger partial charge is 0.316 e. The molecular weight excluding hydrogens is 226 g/mol. The van der Waals surface area contributed by atoms with Gasteiger partial charge < -0.3 is 10.5 Å². The van der Waals surface area contributed by atoms with E-state index in [9.17, 15) is 4.79 Å². The van der Waals surface area contributed by atoms with Crippen LogP contribution < -0.4 is 5.73 Å². The Balaban J connectivity index is 2.30. The predicted molar refractivity (Wildman–Crippen MR) is 71.4 cm³/mol. The number of esters is 1. The molecule has 18 heavy (non-hydrogen) atoms. The molecule has 3 nitrogen and oxygen atoms in total. The number of methoxy groups -OCH3 is 1. The van der Waals surface area contributed by atoms with E-state index >= 15 is 0 Å². The van der Waals surface area contributed by atoms with E-state index in [0.29, 0.717) is 18.8 Å². The van der Waals surface area contributed by atoms with Crippen molar-refractivity contribution in [2.45, 2.75) is 44.1 Å². The van der Waals surface area contributed by atoms with E-state index in [2.05, 4.69) is 26.0 Å². The van der Waals surface area contributed by atoms with Crippen LogP contribution in [-0.4, -0.2) is 19.1 Å². The van der Waals surface area contributed by atoms with Crippen LogP contribution in [0.3, 0.4) is 0 Å². The van der Waals surface area contributed by atoms with E-state index in [-0.39, 0.29) is 12.0 Å². The van der Waals surface area contributed by atoms with E-state index in [1.807, 2.05) is 12.1 Å². The molecule has 1 aliphatic rings. The zero-order valence-electron chi connectivity index (χ0n) is 11.3. The fraction of sp³-hybridized carbons (Fsp3) is 0.533.